The van der Waals surface area contributed by atoms with Crippen LogP contribution in [0.1, 0.15) is 6.42 Å². The molecule has 0 unspecified atom stereocenters. The summed E-state index contributed by atoms with van der Waals surface area (Å²) in [5.41, 5.74) is 6.65. The second-order valence-electron chi connectivity index (χ2n) is 3.16. The number of nitrogens with two attached hydrogens (primary N) is 1. The Morgan fingerprint density at radius 1 is 1.36 bits per heavy atom. The van der Waals surface area contributed by atoms with Crippen LogP contribution in [0.2, 0.25) is 0 Å². The average molecular weight is 191 g/mol. The van der Waals surface area contributed by atoms with Gasteiger partial charge in [-0.1, -0.05) is 0 Å². The molecule has 0 atom stereocenters. The zero-order chi connectivity index (χ0) is 9.97. The molecule has 0 radical (unpaired) electrons. The molecular formula is C10H13N3O. The van der Waals surface area contributed by atoms with Crippen molar-refractivity contribution < 1.29 is 4.74 Å². The molecule has 0 saturated heterocycles. The van der Waals surface area contributed by atoms with Crippen molar-refractivity contribution in [1.82, 2.24) is 0 Å². The molecule has 1 aromatic rings. The molecule has 0 amide bonds. The maximum absolute atomic E-state index is 5.60. The Morgan fingerprint density at radius 2 is 2.07 bits per heavy atom. The standard InChI is InChI=1S/C10H13N3O/c1-14-9-4-2-8(3-5-9)13-7-6-10(11)12-13/h2-5H,6-7H2,1H3,(H2,11,12). The molecule has 0 aliphatic carbocycles. The van der Waals surface area contributed by atoms with Crippen molar-refractivity contribution in [2.75, 3.05) is 18.7 Å². The summed E-state index contributed by atoms with van der Waals surface area (Å²) in [7, 11) is 1.65. The summed E-state index contributed by atoms with van der Waals surface area (Å²) >= 11 is 0. The molecule has 4 nitrogen and oxygen atoms in total. The molecule has 1 aliphatic rings. The first-order valence-electron chi connectivity index (χ1n) is 4.54. The Kier molecular flexibility index (Phi) is 2.26. The highest BCUT2D eigenvalue weighted by Gasteiger charge is 2.12. The van der Waals surface area contributed by atoms with Crippen LogP contribution < -0.4 is 15.5 Å². The predicted octanol–water partition coefficient (Wildman–Crippen LogP) is 1.18. The van der Waals surface area contributed by atoms with Crippen molar-refractivity contribution in [3.05, 3.63) is 24.3 Å². The fraction of sp³-hybridized carbons (Fsp3) is 0.300. The Labute approximate surface area is 83.0 Å². The summed E-state index contributed by atoms with van der Waals surface area (Å²) in [5, 5.41) is 6.10. The molecule has 2 rings (SSSR count). The van der Waals surface area contributed by atoms with Crippen LogP contribution in [0.4, 0.5) is 5.69 Å². The van der Waals surface area contributed by atoms with Gasteiger partial charge in [0.2, 0.25) is 0 Å². The van der Waals surface area contributed by atoms with Gasteiger partial charge >= 0.3 is 0 Å². The number of ether oxygens (including phenoxy) is 1. The van der Waals surface area contributed by atoms with Gasteiger partial charge in [0.05, 0.1) is 12.8 Å². The van der Waals surface area contributed by atoms with E-state index in [0.29, 0.717) is 5.84 Å². The third kappa shape index (κ3) is 1.64. The Hall–Kier alpha value is -1.71. The Bertz CT molecular complexity index is 345. The number of benzene rings is 1. The fourth-order valence-electron chi connectivity index (χ4n) is 1.42. The van der Waals surface area contributed by atoms with Crippen molar-refractivity contribution >= 4 is 11.5 Å². The molecular weight excluding hydrogens is 178 g/mol. The van der Waals surface area contributed by atoms with Crippen molar-refractivity contribution in [3.63, 3.8) is 0 Å². The first kappa shape index (κ1) is 8.87. The highest BCUT2D eigenvalue weighted by atomic mass is 16.5. The monoisotopic (exact) mass is 191 g/mol. The molecule has 0 saturated carbocycles. The first-order chi connectivity index (χ1) is 6.79. The SMILES string of the molecule is COc1ccc(N2CCC(N)=N2)cc1. The lowest BCUT2D eigenvalue weighted by atomic mass is 10.3. The Balaban J connectivity index is 2.17. The highest BCUT2D eigenvalue weighted by Crippen LogP contribution is 2.21. The van der Waals surface area contributed by atoms with E-state index in [1.54, 1.807) is 7.11 Å². The molecule has 1 aromatic carbocycles. The molecule has 1 aliphatic heterocycles. The molecule has 1 heterocycles. The number of rotatable bonds is 2. The second-order valence-corrected chi connectivity index (χ2v) is 3.16. The van der Waals surface area contributed by atoms with Crippen LogP contribution in [-0.4, -0.2) is 19.5 Å². The van der Waals surface area contributed by atoms with E-state index < -0.39 is 0 Å². The third-order valence-corrected chi connectivity index (χ3v) is 2.20. The van der Waals surface area contributed by atoms with Crippen molar-refractivity contribution in [2.45, 2.75) is 6.42 Å². The average Bonchev–Trinajstić information content (AvgIpc) is 2.65. The molecule has 0 fully saturated rings. The van der Waals surface area contributed by atoms with E-state index in [0.717, 1.165) is 24.4 Å². The van der Waals surface area contributed by atoms with Gasteiger partial charge < -0.3 is 10.5 Å². The van der Waals surface area contributed by atoms with Gasteiger partial charge in [0.1, 0.15) is 11.6 Å². The largest absolute Gasteiger partial charge is 0.497 e. The van der Waals surface area contributed by atoms with E-state index in [4.69, 9.17) is 10.5 Å². The third-order valence-electron chi connectivity index (χ3n) is 2.20. The lowest BCUT2D eigenvalue weighted by Gasteiger charge is -2.13. The summed E-state index contributed by atoms with van der Waals surface area (Å²) in [5.74, 6) is 1.55. The van der Waals surface area contributed by atoms with Crippen LogP contribution in [-0.2, 0) is 0 Å². The summed E-state index contributed by atoms with van der Waals surface area (Å²) in [6.07, 6.45) is 0.839. The lowest BCUT2D eigenvalue weighted by molar-refractivity contribution is 0.415. The second kappa shape index (κ2) is 3.57. The quantitative estimate of drug-likeness (QED) is 0.763. The van der Waals surface area contributed by atoms with E-state index >= 15 is 0 Å². The summed E-state index contributed by atoms with van der Waals surface area (Å²) in [6.45, 7) is 0.859. The van der Waals surface area contributed by atoms with E-state index in [9.17, 15) is 0 Å². The van der Waals surface area contributed by atoms with Gasteiger partial charge in [-0.25, -0.2) is 0 Å². The number of hydrogen-bond acceptors (Lipinski definition) is 4. The molecule has 0 bridgehead atoms. The van der Waals surface area contributed by atoms with Crippen molar-refractivity contribution in [3.8, 4) is 5.75 Å². The number of hydrogen-bond donors (Lipinski definition) is 1. The Morgan fingerprint density at radius 3 is 2.57 bits per heavy atom. The molecule has 0 aromatic heterocycles. The molecule has 2 N–H and O–H groups in total. The number of anilines is 1. The minimum Gasteiger partial charge on any atom is -0.497 e. The normalized spacial score (nSPS) is 15.5. The number of amidine groups is 1. The topological polar surface area (TPSA) is 50.9 Å². The summed E-state index contributed by atoms with van der Waals surface area (Å²) in [6, 6.07) is 7.78. The van der Waals surface area contributed by atoms with E-state index in [1.165, 1.54) is 0 Å². The van der Waals surface area contributed by atoms with Crippen LogP contribution in [0, 0.1) is 0 Å². The van der Waals surface area contributed by atoms with Gasteiger partial charge in [0.15, 0.2) is 0 Å². The van der Waals surface area contributed by atoms with Gasteiger partial charge in [-0.3, -0.25) is 5.01 Å². The fourth-order valence-corrected chi connectivity index (χ4v) is 1.42. The highest BCUT2D eigenvalue weighted by molar-refractivity contribution is 5.84. The van der Waals surface area contributed by atoms with Gasteiger partial charge in [-0.2, -0.15) is 5.10 Å². The zero-order valence-electron chi connectivity index (χ0n) is 8.10. The van der Waals surface area contributed by atoms with E-state index in [2.05, 4.69) is 5.10 Å². The van der Waals surface area contributed by atoms with Gasteiger partial charge in [-0.05, 0) is 24.3 Å². The lowest BCUT2D eigenvalue weighted by Crippen LogP contribution is -2.11. The summed E-state index contributed by atoms with van der Waals surface area (Å²) < 4.78 is 5.07. The smallest absolute Gasteiger partial charge is 0.122 e. The predicted molar refractivity (Wildman–Crippen MR) is 56.6 cm³/mol. The van der Waals surface area contributed by atoms with E-state index in [-0.39, 0.29) is 0 Å². The van der Waals surface area contributed by atoms with Gasteiger partial charge in [0, 0.05) is 13.0 Å². The van der Waals surface area contributed by atoms with Crippen LogP contribution >= 0.6 is 0 Å². The zero-order valence-corrected chi connectivity index (χ0v) is 8.10. The van der Waals surface area contributed by atoms with Crippen LogP contribution in [0.3, 0.4) is 0 Å². The first-order valence-corrected chi connectivity index (χ1v) is 4.54. The number of hydrazone groups is 1. The van der Waals surface area contributed by atoms with Crippen molar-refractivity contribution in [2.24, 2.45) is 10.8 Å². The minimum absolute atomic E-state index is 0.695. The van der Waals surface area contributed by atoms with Crippen molar-refractivity contribution in [1.29, 1.82) is 0 Å². The maximum Gasteiger partial charge on any atom is 0.122 e. The molecule has 4 heteroatoms. The number of nitrogens with zero attached hydrogens (tertiary/aromatic N) is 2. The molecule has 14 heavy (non-hydrogen) atoms. The van der Waals surface area contributed by atoms with E-state index in [1.807, 2.05) is 29.3 Å². The van der Waals surface area contributed by atoms with Gasteiger partial charge in [0.25, 0.3) is 0 Å². The van der Waals surface area contributed by atoms with Crippen LogP contribution in [0.15, 0.2) is 29.4 Å². The number of methoxy groups -OCH3 is 1. The van der Waals surface area contributed by atoms with Gasteiger partial charge in [-0.15, -0.1) is 0 Å². The maximum atomic E-state index is 5.60. The molecule has 0 spiro atoms. The minimum atomic E-state index is 0.695. The molecule has 74 valence electrons. The van der Waals surface area contributed by atoms with Crippen LogP contribution in [0.25, 0.3) is 0 Å². The van der Waals surface area contributed by atoms with Crippen LogP contribution in [0.5, 0.6) is 5.75 Å². The summed E-state index contributed by atoms with van der Waals surface area (Å²) in [4.78, 5) is 0.